The Labute approximate surface area is 133 Å². The second-order valence-electron chi connectivity index (χ2n) is 6.87. The van der Waals surface area contributed by atoms with Crippen molar-refractivity contribution in [3.63, 3.8) is 0 Å². The molecule has 4 nitrogen and oxygen atoms in total. The van der Waals surface area contributed by atoms with Crippen molar-refractivity contribution < 1.29 is 14.6 Å². The molecular formula is C18H27NO3. The van der Waals surface area contributed by atoms with E-state index in [4.69, 9.17) is 9.47 Å². The normalized spacial score (nSPS) is 27.2. The molecule has 2 aliphatic heterocycles. The van der Waals surface area contributed by atoms with E-state index in [0.717, 1.165) is 57.9 Å². The maximum atomic E-state index is 10.7. The Kier molecular flexibility index (Phi) is 5.01. The third-order valence-electron chi connectivity index (χ3n) is 4.77. The lowest BCUT2D eigenvalue weighted by molar-refractivity contribution is -0.0000115. The van der Waals surface area contributed by atoms with Crippen LogP contribution in [0.3, 0.4) is 0 Å². The molecule has 0 unspecified atom stereocenters. The molecule has 2 heterocycles. The monoisotopic (exact) mass is 305 g/mol. The summed E-state index contributed by atoms with van der Waals surface area (Å²) in [6, 6.07) is 8.00. The van der Waals surface area contributed by atoms with Crippen molar-refractivity contribution in [2.45, 2.75) is 31.8 Å². The van der Waals surface area contributed by atoms with Crippen LogP contribution in [0.2, 0.25) is 0 Å². The lowest BCUT2D eigenvalue weighted by Crippen LogP contribution is -2.40. The van der Waals surface area contributed by atoms with Crippen LogP contribution >= 0.6 is 0 Å². The molecule has 4 heteroatoms. The molecule has 3 rings (SSSR count). The van der Waals surface area contributed by atoms with Crippen LogP contribution in [-0.4, -0.2) is 55.1 Å². The van der Waals surface area contributed by atoms with Crippen molar-refractivity contribution in [1.29, 1.82) is 0 Å². The number of benzene rings is 1. The molecule has 2 fully saturated rings. The molecule has 0 aromatic heterocycles. The van der Waals surface area contributed by atoms with Crippen molar-refractivity contribution in [2.24, 2.45) is 5.92 Å². The van der Waals surface area contributed by atoms with Crippen LogP contribution in [-0.2, 0) is 4.74 Å². The molecule has 1 N–H and O–H groups in total. The summed E-state index contributed by atoms with van der Waals surface area (Å²) in [6.45, 7) is 6.96. The molecule has 1 aromatic rings. The van der Waals surface area contributed by atoms with Crippen molar-refractivity contribution >= 4 is 0 Å². The number of aliphatic hydroxyl groups is 1. The Bertz CT molecular complexity index is 487. The highest BCUT2D eigenvalue weighted by Crippen LogP contribution is 2.26. The molecule has 0 amide bonds. The van der Waals surface area contributed by atoms with E-state index >= 15 is 0 Å². The van der Waals surface area contributed by atoms with Gasteiger partial charge in [-0.1, -0.05) is 12.1 Å². The summed E-state index contributed by atoms with van der Waals surface area (Å²) in [6.07, 6.45) is 3.09. The Balaban J connectivity index is 1.47. The number of aryl methyl sites for hydroxylation is 1. The van der Waals surface area contributed by atoms with Gasteiger partial charge in [-0.25, -0.2) is 0 Å². The van der Waals surface area contributed by atoms with E-state index in [9.17, 15) is 5.11 Å². The minimum Gasteiger partial charge on any atom is -0.491 e. The van der Waals surface area contributed by atoms with Crippen molar-refractivity contribution in [3.05, 3.63) is 29.8 Å². The first-order valence-electron chi connectivity index (χ1n) is 8.35. The molecular weight excluding hydrogens is 278 g/mol. The summed E-state index contributed by atoms with van der Waals surface area (Å²) < 4.78 is 11.2. The zero-order valence-electron chi connectivity index (χ0n) is 13.5. The van der Waals surface area contributed by atoms with Crippen molar-refractivity contribution in [1.82, 2.24) is 4.90 Å². The minimum atomic E-state index is -0.713. The van der Waals surface area contributed by atoms with Gasteiger partial charge in [-0.05, 0) is 49.8 Å². The van der Waals surface area contributed by atoms with Crippen molar-refractivity contribution in [3.8, 4) is 5.75 Å². The summed E-state index contributed by atoms with van der Waals surface area (Å²) in [5.74, 6) is 1.56. The predicted molar refractivity (Wildman–Crippen MR) is 86.2 cm³/mol. The number of hydrogen-bond donors (Lipinski definition) is 1. The number of likely N-dealkylation sites (tertiary alicyclic amines) is 1. The maximum Gasteiger partial charge on any atom is 0.119 e. The highest BCUT2D eigenvalue weighted by atomic mass is 16.5. The number of hydrogen-bond acceptors (Lipinski definition) is 4. The zero-order chi connectivity index (χ0) is 15.4. The molecule has 1 aromatic carbocycles. The second-order valence-corrected chi connectivity index (χ2v) is 6.87. The highest BCUT2D eigenvalue weighted by Gasteiger charge is 2.37. The van der Waals surface area contributed by atoms with Crippen LogP contribution in [0.1, 0.15) is 24.8 Å². The van der Waals surface area contributed by atoms with Crippen LogP contribution in [0.5, 0.6) is 5.75 Å². The summed E-state index contributed by atoms with van der Waals surface area (Å²) >= 11 is 0. The zero-order valence-corrected chi connectivity index (χ0v) is 13.5. The third-order valence-corrected chi connectivity index (χ3v) is 4.77. The van der Waals surface area contributed by atoms with Gasteiger partial charge in [-0.15, -0.1) is 0 Å². The molecule has 0 aliphatic carbocycles. The molecule has 22 heavy (non-hydrogen) atoms. The molecule has 0 radical (unpaired) electrons. The second kappa shape index (κ2) is 6.99. The summed E-state index contributed by atoms with van der Waals surface area (Å²) in [7, 11) is 0. The SMILES string of the molecule is Cc1cccc(OC[C@]2(O)CCN(CC3CCOCC3)C2)c1. The van der Waals surface area contributed by atoms with E-state index in [2.05, 4.69) is 4.90 Å². The summed E-state index contributed by atoms with van der Waals surface area (Å²) in [4.78, 5) is 2.38. The van der Waals surface area contributed by atoms with Gasteiger partial charge in [0.15, 0.2) is 0 Å². The van der Waals surface area contributed by atoms with E-state index in [0.29, 0.717) is 12.5 Å². The van der Waals surface area contributed by atoms with Gasteiger partial charge in [0.25, 0.3) is 0 Å². The number of rotatable bonds is 5. The topological polar surface area (TPSA) is 41.9 Å². The lowest BCUT2D eigenvalue weighted by atomic mass is 10.00. The van der Waals surface area contributed by atoms with Gasteiger partial charge in [-0.2, -0.15) is 0 Å². The van der Waals surface area contributed by atoms with Crippen LogP contribution in [0.4, 0.5) is 0 Å². The fraction of sp³-hybridized carbons (Fsp3) is 0.667. The van der Waals surface area contributed by atoms with Crippen molar-refractivity contribution in [2.75, 3.05) is 39.5 Å². The fourth-order valence-electron chi connectivity index (χ4n) is 3.43. The Morgan fingerprint density at radius 2 is 2.18 bits per heavy atom. The molecule has 122 valence electrons. The smallest absolute Gasteiger partial charge is 0.119 e. The summed E-state index contributed by atoms with van der Waals surface area (Å²) in [5.41, 5.74) is 0.464. The van der Waals surface area contributed by atoms with Gasteiger partial charge in [-0.3, -0.25) is 4.90 Å². The largest absolute Gasteiger partial charge is 0.491 e. The van der Waals surface area contributed by atoms with Gasteiger partial charge >= 0.3 is 0 Å². The average Bonchev–Trinajstić information content (AvgIpc) is 2.88. The van der Waals surface area contributed by atoms with Gasteiger partial charge in [0, 0.05) is 32.8 Å². The van der Waals surface area contributed by atoms with E-state index in [1.807, 2.05) is 31.2 Å². The minimum absolute atomic E-state index is 0.376. The Morgan fingerprint density at radius 3 is 2.95 bits per heavy atom. The van der Waals surface area contributed by atoms with Crippen LogP contribution in [0, 0.1) is 12.8 Å². The van der Waals surface area contributed by atoms with Crippen LogP contribution < -0.4 is 4.74 Å². The Morgan fingerprint density at radius 1 is 1.36 bits per heavy atom. The first-order chi connectivity index (χ1) is 10.6. The molecule has 2 saturated heterocycles. The molecule has 0 spiro atoms. The molecule has 0 bridgehead atoms. The highest BCUT2D eigenvalue weighted by molar-refractivity contribution is 5.27. The number of ether oxygens (including phenoxy) is 2. The third kappa shape index (κ3) is 4.22. The lowest BCUT2D eigenvalue weighted by Gasteiger charge is -2.28. The van der Waals surface area contributed by atoms with E-state index in [1.54, 1.807) is 0 Å². The average molecular weight is 305 g/mol. The van der Waals surface area contributed by atoms with Crippen LogP contribution in [0.25, 0.3) is 0 Å². The fourth-order valence-corrected chi connectivity index (χ4v) is 3.43. The molecule has 0 saturated carbocycles. The molecule has 1 atom stereocenters. The van der Waals surface area contributed by atoms with Crippen LogP contribution in [0.15, 0.2) is 24.3 Å². The van der Waals surface area contributed by atoms with E-state index in [1.165, 1.54) is 5.56 Å². The van der Waals surface area contributed by atoms with E-state index < -0.39 is 5.60 Å². The summed E-state index contributed by atoms with van der Waals surface area (Å²) in [5, 5.41) is 10.7. The van der Waals surface area contributed by atoms with E-state index in [-0.39, 0.29) is 0 Å². The predicted octanol–water partition coefficient (Wildman–Crippen LogP) is 2.24. The standard InChI is InChI=1S/C18H27NO3/c1-15-3-2-4-17(11-15)22-14-18(20)7-8-19(13-18)12-16-5-9-21-10-6-16/h2-4,11,16,20H,5-10,12-14H2,1H3/t18-/m0/s1. The van der Waals surface area contributed by atoms with Gasteiger partial charge < -0.3 is 14.6 Å². The molecule has 2 aliphatic rings. The number of β-amino-alcohol motifs (C(OH)–C–C–N with tert-alkyl or cyclic N) is 1. The van der Waals surface area contributed by atoms with Gasteiger partial charge in [0.05, 0.1) is 0 Å². The quantitative estimate of drug-likeness (QED) is 0.906. The first-order valence-corrected chi connectivity index (χ1v) is 8.35. The van der Waals surface area contributed by atoms with Gasteiger partial charge in [0.2, 0.25) is 0 Å². The first kappa shape index (κ1) is 15.8. The Hall–Kier alpha value is -1.10. The maximum absolute atomic E-state index is 10.7. The van der Waals surface area contributed by atoms with Gasteiger partial charge in [0.1, 0.15) is 18.0 Å². The number of nitrogens with zero attached hydrogens (tertiary/aromatic N) is 1.